The molecule has 0 fully saturated rings. The Morgan fingerprint density at radius 1 is 1.03 bits per heavy atom. The van der Waals surface area contributed by atoms with Crippen LogP contribution in [-0.2, 0) is 14.3 Å². The number of ether oxygens (including phenoxy) is 1. The third kappa shape index (κ3) is 7.51. The van der Waals surface area contributed by atoms with Gasteiger partial charge in [0, 0.05) is 18.4 Å². The summed E-state index contributed by atoms with van der Waals surface area (Å²) < 4.78 is 6.10. The first-order valence-electron chi connectivity index (χ1n) is 12.0. The first-order valence-corrected chi connectivity index (χ1v) is 12.0. The molecule has 5 nitrogen and oxygen atoms in total. The first kappa shape index (κ1) is 25.6. The molecule has 5 heteroatoms. The number of aliphatic carboxylic acids is 1. The average Bonchev–Trinajstić information content (AvgIpc) is 3.13. The Morgan fingerprint density at radius 2 is 1.74 bits per heavy atom. The third-order valence-electron chi connectivity index (χ3n) is 6.23. The number of hydrogen-bond donors (Lipinski definition) is 2. The van der Waals surface area contributed by atoms with E-state index in [1.165, 1.54) is 0 Å². The van der Waals surface area contributed by atoms with Crippen LogP contribution in [0.2, 0.25) is 0 Å². The number of aliphatic hydroxyl groups is 1. The molecule has 2 N–H and O–H groups in total. The second-order valence-corrected chi connectivity index (χ2v) is 8.81. The van der Waals surface area contributed by atoms with Gasteiger partial charge in [-0.3, -0.25) is 9.59 Å². The molecule has 1 unspecified atom stereocenters. The molecular formula is C29H34O5. The van der Waals surface area contributed by atoms with Gasteiger partial charge in [0.25, 0.3) is 0 Å². The molecule has 34 heavy (non-hydrogen) atoms. The Balaban J connectivity index is 1.69. The van der Waals surface area contributed by atoms with Crippen LogP contribution in [0.5, 0.6) is 0 Å². The number of benzene rings is 2. The summed E-state index contributed by atoms with van der Waals surface area (Å²) in [5.41, 5.74) is 4.56. The van der Waals surface area contributed by atoms with Crippen LogP contribution in [0.4, 0.5) is 0 Å². The minimum Gasteiger partial charge on any atom is -0.481 e. The van der Waals surface area contributed by atoms with Gasteiger partial charge in [0.15, 0.2) is 5.78 Å². The van der Waals surface area contributed by atoms with Crippen molar-refractivity contribution in [3.05, 3.63) is 88.5 Å². The number of Topliss-reactive ketones (excluding diaryl/α,β-unsaturated/α-hetero) is 1. The number of aliphatic hydroxyl groups excluding tert-OH is 1. The van der Waals surface area contributed by atoms with Crippen molar-refractivity contribution in [2.75, 3.05) is 6.61 Å². The van der Waals surface area contributed by atoms with Crippen LogP contribution in [0, 0.1) is 6.92 Å². The van der Waals surface area contributed by atoms with Crippen LogP contribution in [0.15, 0.2) is 71.8 Å². The molecule has 3 rings (SSSR count). The molecule has 0 saturated heterocycles. The zero-order valence-corrected chi connectivity index (χ0v) is 19.8. The number of carbonyl (C=O) groups is 2. The highest BCUT2D eigenvalue weighted by molar-refractivity contribution is 6.00. The summed E-state index contributed by atoms with van der Waals surface area (Å²) >= 11 is 0. The zero-order valence-electron chi connectivity index (χ0n) is 19.8. The van der Waals surface area contributed by atoms with Crippen molar-refractivity contribution in [2.24, 2.45) is 0 Å². The molecule has 0 aliphatic heterocycles. The summed E-state index contributed by atoms with van der Waals surface area (Å²) in [4.78, 5) is 23.6. The fourth-order valence-corrected chi connectivity index (χ4v) is 4.34. The number of unbranched alkanes of at least 4 members (excludes halogenated alkanes) is 3. The third-order valence-corrected chi connectivity index (χ3v) is 6.23. The van der Waals surface area contributed by atoms with Gasteiger partial charge in [-0.2, -0.15) is 0 Å². The van der Waals surface area contributed by atoms with Crippen molar-refractivity contribution in [3.8, 4) is 0 Å². The van der Waals surface area contributed by atoms with E-state index in [9.17, 15) is 14.7 Å². The van der Waals surface area contributed by atoms with Crippen molar-refractivity contribution in [3.63, 3.8) is 0 Å². The lowest BCUT2D eigenvalue weighted by atomic mass is 10.0. The number of allylic oxidation sites excluding steroid dienone is 1. The summed E-state index contributed by atoms with van der Waals surface area (Å²) in [6, 6.07) is 17.6. The lowest BCUT2D eigenvalue weighted by Crippen LogP contribution is -2.18. The molecule has 0 radical (unpaired) electrons. The van der Waals surface area contributed by atoms with Gasteiger partial charge in [-0.1, -0.05) is 79.6 Å². The van der Waals surface area contributed by atoms with Crippen molar-refractivity contribution in [1.29, 1.82) is 0 Å². The van der Waals surface area contributed by atoms with E-state index in [0.29, 0.717) is 12.8 Å². The van der Waals surface area contributed by atoms with E-state index in [2.05, 4.69) is 0 Å². The highest BCUT2D eigenvalue weighted by atomic mass is 16.5. The summed E-state index contributed by atoms with van der Waals surface area (Å²) in [5.74, 6) is -0.677. The standard InChI is InChI=1S/C29H34O5/c1-21-11-9-10-14-23(21)27(31)20-34-28-19-26(30)24(15-7-2-3-8-16-29(32)33)25(28)18-17-22-12-5-4-6-13-22/h4-6,9-14,17-18,27-28,31H,2-3,7-8,15-16,19-20H2,1H3,(H,32,33)/t27?,28-/m1/s1. The van der Waals surface area contributed by atoms with E-state index in [0.717, 1.165) is 47.1 Å². The van der Waals surface area contributed by atoms with Crippen molar-refractivity contribution >= 4 is 17.8 Å². The fraction of sp³-hybridized carbons (Fsp3) is 0.379. The second-order valence-electron chi connectivity index (χ2n) is 8.81. The summed E-state index contributed by atoms with van der Waals surface area (Å²) in [5, 5.41) is 19.4. The zero-order chi connectivity index (χ0) is 24.3. The highest BCUT2D eigenvalue weighted by Crippen LogP contribution is 2.32. The normalized spacial score (nSPS) is 17.0. The monoisotopic (exact) mass is 462 g/mol. The van der Waals surface area contributed by atoms with Crippen LogP contribution < -0.4 is 0 Å². The molecule has 2 atom stereocenters. The smallest absolute Gasteiger partial charge is 0.303 e. The predicted molar refractivity (Wildman–Crippen MR) is 133 cm³/mol. The Hall–Kier alpha value is -3.02. The van der Waals surface area contributed by atoms with E-state index in [-0.39, 0.29) is 31.3 Å². The number of carboxylic acids is 1. The number of hydrogen-bond acceptors (Lipinski definition) is 4. The van der Waals surface area contributed by atoms with Gasteiger partial charge in [-0.15, -0.1) is 0 Å². The SMILES string of the molecule is Cc1ccccc1C(O)CO[C@@H]1CC(=O)C(CCCCCCC(=O)O)=C1C=Cc1ccccc1. The Morgan fingerprint density at radius 3 is 2.47 bits per heavy atom. The average molecular weight is 463 g/mol. The van der Waals surface area contributed by atoms with Gasteiger partial charge in [-0.05, 0) is 48.4 Å². The van der Waals surface area contributed by atoms with Gasteiger partial charge in [0.1, 0.15) is 6.10 Å². The summed E-state index contributed by atoms with van der Waals surface area (Å²) in [7, 11) is 0. The molecule has 1 aliphatic carbocycles. The van der Waals surface area contributed by atoms with Crippen LogP contribution in [0.25, 0.3) is 6.08 Å². The summed E-state index contributed by atoms with van der Waals surface area (Å²) in [6.07, 6.45) is 7.17. The maximum atomic E-state index is 12.9. The van der Waals surface area contributed by atoms with Gasteiger partial charge in [-0.25, -0.2) is 0 Å². The highest BCUT2D eigenvalue weighted by Gasteiger charge is 2.31. The number of carboxylic acid groups (broad SMARTS) is 1. The van der Waals surface area contributed by atoms with Crippen LogP contribution >= 0.6 is 0 Å². The molecule has 0 spiro atoms. The van der Waals surface area contributed by atoms with E-state index in [1.807, 2.05) is 73.7 Å². The maximum Gasteiger partial charge on any atom is 0.303 e. The molecule has 0 aromatic heterocycles. The molecule has 0 saturated carbocycles. The van der Waals surface area contributed by atoms with E-state index >= 15 is 0 Å². The van der Waals surface area contributed by atoms with Gasteiger partial charge in [0.2, 0.25) is 0 Å². The summed E-state index contributed by atoms with van der Waals surface area (Å²) in [6.45, 7) is 2.08. The van der Waals surface area contributed by atoms with Crippen molar-refractivity contribution in [2.45, 2.75) is 64.1 Å². The van der Waals surface area contributed by atoms with Gasteiger partial charge in [0.05, 0.1) is 12.7 Å². The molecule has 180 valence electrons. The molecule has 2 aromatic carbocycles. The van der Waals surface area contributed by atoms with Gasteiger partial charge < -0.3 is 14.9 Å². The molecule has 0 amide bonds. The Labute approximate surface area is 201 Å². The van der Waals surface area contributed by atoms with E-state index in [4.69, 9.17) is 9.84 Å². The van der Waals surface area contributed by atoms with Crippen LogP contribution in [-0.4, -0.2) is 34.7 Å². The number of carbonyl (C=O) groups excluding carboxylic acids is 1. The van der Waals surface area contributed by atoms with E-state index in [1.54, 1.807) is 0 Å². The Bertz CT molecular complexity index is 1020. The molecular weight excluding hydrogens is 428 g/mol. The first-order chi connectivity index (χ1) is 16.5. The van der Waals surface area contributed by atoms with Crippen molar-refractivity contribution < 1.29 is 24.5 Å². The minimum atomic E-state index is -0.769. The molecule has 1 aliphatic rings. The van der Waals surface area contributed by atoms with Crippen molar-refractivity contribution in [1.82, 2.24) is 0 Å². The minimum absolute atomic E-state index is 0.0913. The topological polar surface area (TPSA) is 83.8 Å². The lowest BCUT2D eigenvalue weighted by Gasteiger charge is -2.18. The number of aryl methyl sites for hydroxylation is 1. The Kier molecular flexibility index (Phi) is 9.80. The second kappa shape index (κ2) is 13.0. The fourth-order valence-electron chi connectivity index (χ4n) is 4.34. The van der Waals surface area contributed by atoms with Gasteiger partial charge >= 0.3 is 5.97 Å². The van der Waals surface area contributed by atoms with Crippen LogP contribution in [0.3, 0.4) is 0 Å². The number of ketones is 1. The van der Waals surface area contributed by atoms with Crippen LogP contribution in [0.1, 0.15) is 67.7 Å². The molecule has 0 bridgehead atoms. The molecule has 0 heterocycles. The largest absolute Gasteiger partial charge is 0.481 e. The predicted octanol–water partition coefficient (Wildman–Crippen LogP) is 5.82. The maximum absolute atomic E-state index is 12.9. The van der Waals surface area contributed by atoms with E-state index < -0.39 is 12.1 Å². The number of rotatable bonds is 13. The quantitative estimate of drug-likeness (QED) is 0.366. The lowest BCUT2D eigenvalue weighted by molar-refractivity contribution is -0.137. The molecule has 2 aromatic rings.